The summed E-state index contributed by atoms with van der Waals surface area (Å²) in [6.07, 6.45) is -0.706. The van der Waals surface area contributed by atoms with Crippen molar-refractivity contribution in [1.29, 1.82) is 0 Å². The Morgan fingerprint density at radius 1 is 0.844 bits per heavy atom. The van der Waals surface area contributed by atoms with E-state index in [-0.39, 0.29) is 6.61 Å². The highest BCUT2D eigenvalue weighted by molar-refractivity contribution is 7.88. The third-order valence-corrected chi connectivity index (χ3v) is 5.29. The van der Waals surface area contributed by atoms with E-state index < -0.39 is 33.5 Å². The van der Waals surface area contributed by atoms with Gasteiger partial charge in [0.05, 0.1) is 6.04 Å². The largest absolute Gasteiger partial charge is 0.534 e. The summed E-state index contributed by atoms with van der Waals surface area (Å²) < 4.78 is 69.2. The number of amides is 1. The molecule has 0 saturated heterocycles. The molecule has 32 heavy (non-hydrogen) atoms. The van der Waals surface area contributed by atoms with Crippen molar-refractivity contribution < 1.29 is 35.3 Å². The summed E-state index contributed by atoms with van der Waals surface area (Å²) in [5.74, 6) is -0.510. The van der Waals surface area contributed by atoms with Crippen molar-refractivity contribution in [2.75, 3.05) is 0 Å². The van der Waals surface area contributed by atoms with Gasteiger partial charge < -0.3 is 14.2 Å². The molecular weight excluding hydrogens is 447 g/mol. The summed E-state index contributed by atoms with van der Waals surface area (Å²) in [7, 11) is -5.78. The predicted octanol–water partition coefficient (Wildman–Crippen LogP) is 4.93. The van der Waals surface area contributed by atoms with E-state index in [1.165, 1.54) is 12.1 Å². The minimum absolute atomic E-state index is 0.0518. The van der Waals surface area contributed by atoms with Gasteiger partial charge in [0.15, 0.2) is 0 Å². The summed E-state index contributed by atoms with van der Waals surface area (Å²) in [6, 6.07) is 22.0. The molecule has 0 aliphatic carbocycles. The zero-order chi connectivity index (χ0) is 23.2. The number of hydrogen-bond acceptors (Lipinski definition) is 5. The van der Waals surface area contributed by atoms with Crippen molar-refractivity contribution in [3.63, 3.8) is 0 Å². The number of nitrogens with one attached hydrogen (secondary N) is 1. The first-order valence-corrected chi connectivity index (χ1v) is 10.7. The van der Waals surface area contributed by atoms with Crippen molar-refractivity contribution in [3.05, 3.63) is 102 Å². The summed E-state index contributed by atoms with van der Waals surface area (Å²) in [4.78, 5) is 12.4. The quantitative estimate of drug-likeness (QED) is 0.395. The second-order valence-corrected chi connectivity index (χ2v) is 8.14. The normalized spacial score (nSPS) is 12.6. The Hall–Kier alpha value is -3.53. The molecule has 0 aliphatic rings. The number of alkyl halides is 3. The zero-order valence-corrected chi connectivity index (χ0v) is 17.3. The Bertz CT molecular complexity index is 1140. The molecule has 10 heteroatoms. The fourth-order valence-electron chi connectivity index (χ4n) is 2.78. The zero-order valence-electron chi connectivity index (χ0n) is 16.5. The van der Waals surface area contributed by atoms with E-state index in [4.69, 9.17) is 4.74 Å². The van der Waals surface area contributed by atoms with E-state index in [1.54, 1.807) is 42.5 Å². The van der Waals surface area contributed by atoms with Crippen molar-refractivity contribution >= 4 is 16.2 Å². The first-order chi connectivity index (χ1) is 15.2. The molecule has 0 heterocycles. The molecule has 0 aliphatic heterocycles. The molecule has 0 unspecified atom stereocenters. The maximum Gasteiger partial charge on any atom is 0.534 e. The van der Waals surface area contributed by atoms with Crippen molar-refractivity contribution in [2.45, 2.75) is 18.2 Å². The topological polar surface area (TPSA) is 81.7 Å². The molecule has 3 rings (SSSR count). The monoisotopic (exact) mass is 465 g/mol. The Kier molecular flexibility index (Phi) is 7.04. The van der Waals surface area contributed by atoms with Crippen molar-refractivity contribution in [3.8, 4) is 5.75 Å². The van der Waals surface area contributed by atoms with Crippen LogP contribution in [0.3, 0.4) is 0 Å². The maximum absolute atomic E-state index is 12.5. The highest BCUT2D eigenvalue weighted by Crippen LogP contribution is 2.29. The van der Waals surface area contributed by atoms with Gasteiger partial charge in [0, 0.05) is 0 Å². The van der Waals surface area contributed by atoms with Crippen LogP contribution in [-0.2, 0) is 21.5 Å². The second-order valence-electron chi connectivity index (χ2n) is 6.60. The van der Waals surface area contributed by atoms with Gasteiger partial charge in [-0.2, -0.15) is 21.6 Å². The SMILES string of the molecule is O=C(N[C@H](c1ccccc1)c1ccc(OS(=O)(=O)C(F)(F)F)cc1)OCc1ccccc1. The number of carbonyl (C=O) groups excluding carboxylic acids is 1. The standard InChI is InChI=1S/C22H18F3NO5S/c23-22(24,25)32(28,29)31-19-13-11-18(12-14-19)20(17-9-5-2-6-10-17)26-21(27)30-15-16-7-3-1-4-8-16/h1-14,20H,15H2,(H,26,27)/t20-/m1/s1. The molecule has 0 saturated carbocycles. The van der Waals surface area contributed by atoms with E-state index in [0.29, 0.717) is 11.1 Å². The van der Waals surface area contributed by atoms with E-state index >= 15 is 0 Å². The minimum Gasteiger partial charge on any atom is -0.445 e. The van der Waals surface area contributed by atoms with Crippen LogP contribution in [0, 0.1) is 0 Å². The van der Waals surface area contributed by atoms with Crippen LogP contribution in [0.5, 0.6) is 5.75 Å². The summed E-state index contributed by atoms with van der Waals surface area (Å²) in [6.45, 7) is 0.0518. The van der Waals surface area contributed by atoms with Gasteiger partial charge in [0.1, 0.15) is 12.4 Å². The average Bonchev–Trinajstić information content (AvgIpc) is 2.77. The number of ether oxygens (including phenoxy) is 1. The van der Waals surface area contributed by atoms with Crippen LogP contribution < -0.4 is 9.50 Å². The van der Waals surface area contributed by atoms with Gasteiger partial charge >= 0.3 is 21.7 Å². The van der Waals surface area contributed by atoms with Crippen LogP contribution >= 0.6 is 0 Å². The second kappa shape index (κ2) is 9.73. The van der Waals surface area contributed by atoms with Gasteiger partial charge in [-0.25, -0.2) is 4.79 Å². The van der Waals surface area contributed by atoms with Crippen molar-refractivity contribution in [1.82, 2.24) is 5.32 Å². The van der Waals surface area contributed by atoms with E-state index in [9.17, 15) is 26.4 Å². The molecule has 1 atom stereocenters. The van der Waals surface area contributed by atoms with Gasteiger partial charge in [-0.3, -0.25) is 0 Å². The Morgan fingerprint density at radius 2 is 1.38 bits per heavy atom. The molecule has 168 valence electrons. The van der Waals surface area contributed by atoms with Gasteiger partial charge in [-0.1, -0.05) is 72.8 Å². The van der Waals surface area contributed by atoms with E-state index in [0.717, 1.165) is 17.7 Å². The number of halogens is 3. The fraction of sp³-hybridized carbons (Fsp3) is 0.136. The average molecular weight is 465 g/mol. The first kappa shape index (κ1) is 23.1. The lowest BCUT2D eigenvalue weighted by Gasteiger charge is -2.20. The molecule has 3 aromatic carbocycles. The third kappa shape index (κ3) is 6.01. The lowest BCUT2D eigenvalue weighted by Crippen LogP contribution is -2.30. The molecule has 0 spiro atoms. The molecule has 0 fully saturated rings. The van der Waals surface area contributed by atoms with Crippen LogP contribution in [0.4, 0.5) is 18.0 Å². The minimum atomic E-state index is -5.78. The van der Waals surface area contributed by atoms with Crippen LogP contribution in [-0.4, -0.2) is 20.0 Å². The maximum atomic E-state index is 12.5. The van der Waals surface area contributed by atoms with Gasteiger partial charge in [-0.15, -0.1) is 0 Å². The Labute approximate surface area is 182 Å². The third-order valence-electron chi connectivity index (χ3n) is 4.31. The number of carbonyl (C=O) groups is 1. The first-order valence-electron chi connectivity index (χ1n) is 9.28. The van der Waals surface area contributed by atoms with Crippen LogP contribution in [0.15, 0.2) is 84.9 Å². The highest BCUT2D eigenvalue weighted by atomic mass is 32.2. The van der Waals surface area contributed by atoms with Gasteiger partial charge in [0.2, 0.25) is 0 Å². The summed E-state index contributed by atoms with van der Waals surface area (Å²) in [5, 5.41) is 2.71. The molecule has 0 aromatic heterocycles. The van der Waals surface area contributed by atoms with Crippen LogP contribution in [0.2, 0.25) is 0 Å². The lowest BCUT2D eigenvalue weighted by atomic mass is 9.99. The van der Waals surface area contributed by atoms with Gasteiger partial charge in [0.25, 0.3) is 0 Å². The number of benzene rings is 3. The smallest absolute Gasteiger partial charge is 0.445 e. The molecule has 1 N–H and O–H groups in total. The molecule has 3 aromatic rings. The van der Waals surface area contributed by atoms with Crippen molar-refractivity contribution in [2.24, 2.45) is 0 Å². The number of alkyl carbamates (subject to hydrolysis) is 1. The molecule has 0 radical (unpaired) electrons. The predicted molar refractivity (Wildman–Crippen MR) is 110 cm³/mol. The number of rotatable bonds is 7. The molecular formula is C22H18F3NO5S. The van der Waals surface area contributed by atoms with E-state index in [1.807, 2.05) is 18.2 Å². The van der Waals surface area contributed by atoms with Gasteiger partial charge in [-0.05, 0) is 28.8 Å². The summed E-state index contributed by atoms with van der Waals surface area (Å²) in [5.41, 5.74) is -3.58. The summed E-state index contributed by atoms with van der Waals surface area (Å²) >= 11 is 0. The Morgan fingerprint density at radius 3 is 1.94 bits per heavy atom. The molecule has 0 bridgehead atoms. The molecule has 1 amide bonds. The fourth-order valence-corrected chi connectivity index (χ4v) is 3.24. The van der Waals surface area contributed by atoms with E-state index in [2.05, 4.69) is 9.50 Å². The van der Waals surface area contributed by atoms with Crippen LogP contribution in [0.1, 0.15) is 22.7 Å². The molecule has 6 nitrogen and oxygen atoms in total. The lowest BCUT2D eigenvalue weighted by molar-refractivity contribution is -0.0500. The van der Waals surface area contributed by atoms with Crippen LogP contribution in [0.25, 0.3) is 0 Å². The highest BCUT2D eigenvalue weighted by Gasteiger charge is 2.48. The Balaban J connectivity index is 1.76. The number of hydrogen-bond donors (Lipinski definition) is 1.